The predicted molar refractivity (Wildman–Crippen MR) is 70.2 cm³/mol. The van der Waals surface area contributed by atoms with Crippen LogP contribution in [0.2, 0.25) is 4.34 Å². The molecule has 0 aliphatic heterocycles. The van der Waals surface area contributed by atoms with Crippen molar-refractivity contribution in [3.63, 3.8) is 0 Å². The smallest absolute Gasteiger partial charge is 0.148 e. The molecule has 6 heteroatoms. The molecule has 0 aliphatic rings. The van der Waals surface area contributed by atoms with Gasteiger partial charge in [0.15, 0.2) is 0 Å². The van der Waals surface area contributed by atoms with Crippen molar-refractivity contribution in [3.8, 4) is 0 Å². The van der Waals surface area contributed by atoms with E-state index in [1.807, 2.05) is 19.1 Å². The minimum atomic E-state index is -2.90. The lowest BCUT2D eigenvalue weighted by molar-refractivity contribution is 0.562. The molecule has 92 valence electrons. The van der Waals surface area contributed by atoms with Gasteiger partial charge in [0.2, 0.25) is 0 Å². The first-order valence-corrected chi connectivity index (χ1v) is 8.27. The molecule has 0 aromatic carbocycles. The van der Waals surface area contributed by atoms with Crippen LogP contribution in [0.3, 0.4) is 0 Å². The highest BCUT2D eigenvalue weighted by molar-refractivity contribution is 7.90. The number of hydrogen-bond donors (Lipinski definition) is 1. The van der Waals surface area contributed by atoms with Crippen molar-refractivity contribution in [2.75, 3.05) is 18.6 Å². The van der Waals surface area contributed by atoms with Crippen LogP contribution in [0.25, 0.3) is 0 Å². The largest absolute Gasteiger partial charge is 0.313 e. The van der Waals surface area contributed by atoms with E-state index in [-0.39, 0.29) is 11.8 Å². The molecule has 3 nitrogen and oxygen atoms in total. The van der Waals surface area contributed by atoms with E-state index in [0.717, 1.165) is 17.3 Å². The number of rotatable bonds is 6. The van der Waals surface area contributed by atoms with E-state index in [9.17, 15) is 8.42 Å². The fraction of sp³-hybridized carbons (Fsp3) is 0.600. The SMILES string of the molecule is CC(CS(C)(=O)=O)NCCc1ccc(Cl)s1. The molecule has 0 amide bonds. The molecule has 0 fully saturated rings. The maximum atomic E-state index is 11.0. The average molecular weight is 282 g/mol. The van der Waals surface area contributed by atoms with Crippen molar-refractivity contribution in [2.45, 2.75) is 19.4 Å². The first kappa shape index (κ1) is 14.0. The molecule has 0 bridgehead atoms. The van der Waals surface area contributed by atoms with Gasteiger partial charge in [-0.05, 0) is 25.5 Å². The zero-order chi connectivity index (χ0) is 12.2. The fourth-order valence-corrected chi connectivity index (χ4v) is 3.55. The highest BCUT2D eigenvalue weighted by Gasteiger charge is 2.09. The van der Waals surface area contributed by atoms with Gasteiger partial charge in [0, 0.05) is 23.7 Å². The van der Waals surface area contributed by atoms with Crippen LogP contribution in [0.5, 0.6) is 0 Å². The summed E-state index contributed by atoms with van der Waals surface area (Å²) in [4.78, 5) is 1.21. The lowest BCUT2D eigenvalue weighted by Crippen LogP contribution is -2.33. The first-order valence-electron chi connectivity index (χ1n) is 5.02. The third-order valence-electron chi connectivity index (χ3n) is 2.05. The van der Waals surface area contributed by atoms with Crippen molar-refractivity contribution >= 4 is 32.8 Å². The van der Waals surface area contributed by atoms with E-state index in [1.165, 1.54) is 11.1 Å². The minimum absolute atomic E-state index is 0.00886. The summed E-state index contributed by atoms with van der Waals surface area (Å²) in [6, 6.07) is 3.86. The van der Waals surface area contributed by atoms with Gasteiger partial charge < -0.3 is 5.32 Å². The van der Waals surface area contributed by atoms with Gasteiger partial charge in [-0.3, -0.25) is 0 Å². The van der Waals surface area contributed by atoms with E-state index < -0.39 is 9.84 Å². The monoisotopic (exact) mass is 281 g/mol. The summed E-state index contributed by atoms with van der Waals surface area (Å²) in [6.07, 6.45) is 2.13. The van der Waals surface area contributed by atoms with Crippen molar-refractivity contribution in [3.05, 3.63) is 21.3 Å². The van der Waals surface area contributed by atoms with Crippen LogP contribution in [-0.4, -0.2) is 33.0 Å². The number of thiophene rings is 1. The summed E-state index contributed by atoms with van der Waals surface area (Å²) in [6.45, 7) is 2.65. The molecule has 0 spiro atoms. The Morgan fingerprint density at radius 1 is 1.50 bits per heavy atom. The molecular formula is C10H16ClNO2S2. The van der Waals surface area contributed by atoms with Crippen LogP contribution in [0.1, 0.15) is 11.8 Å². The molecule has 0 radical (unpaired) electrons. The highest BCUT2D eigenvalue weighted by Crippen LogP contribution is 2.21. The average Bonchev–Trinajstić information content (AvgIpc) is 2.48. The van der Waals surface area contributed by atoms with E-state index >= 15 is 0 Å². The van der Waals surface area contributed by atoms with Crippen LogP contribution in [0.15, 0.2) is 12.1 Å². The van der Waals surface area contributed by atoms with Gasteiger partial charge in [-0.15, -0.1) is 11.3 Å². The molecule has 0 aliphatic carbocycles. The van der Waals surface area contributed by atoms with Gasteiger partial charge in [0.05, 0.1) is 10.1 Å². The third-order valence-corrected chi connectivity index (χ3v) is 4.44. The van der Waals surface area contributed by atoms with Gasteiger partial charge in [0.1, 0.15) is 9.84 Å². The van der Waals surface area contributed by atoms with Gasteiger partial charge in [-0.2, -0.15) is 0 Å². The molecule has 1 unspecified atom stereocenters. The lowest BCUT2D eigenvalue weighted by Gasteiger charge is -2.11. The summed E-state index contributed by atoms with van der Waals surface area (Å²) in [5.41, 5.74) is 0. The molecule has 1 atom stereocenters. The van der Waals surface area contributed by atoms with E-state index in [4.69, 9.17) is 11.6 Å². The van der Waals surface area contributed by atoms with Crippen molar-refractivity contribution in [1.82, 2.24) is 5.32 Å². The summed E-state index contributed by atoms with van der Waals surface area (Å²) >= 11 is 7.37. The normalized spacial score (nSPS) is 13.9. The Kier molecular flexibility index (Phi) is 5.24. The van der Waals surface area contributed by atoms with Gasteiger partial charge >= 0.3 is 0 Å². The molecule has 0 saturated carbocycles. The highest BCUT2D eigenvalue weighted by atomic mass is 35.5. The van der Waals surface area contributed by atoms with E-state index in [1.54, 1.807) is 11.3 Å². The van der Waals surface area contributed by atoms with Crippen LogP contribution in [0, 0.1) is 0 Å². The number of sulfone groups is 1. The van der Waals surface area contributed by atoms with Crippen molar-refractivity contribution < 1.29 is 8.42 Å². The molecule has 16 heavy (non-hydrogen) atoms. The molecule has 1 aromatic rings. The van der Waals surface area contributed by atoms with Crippen LogP contribution in [-0.2, 0) is 16.3 Å². The van der Waals surface area contributed by atoms with Gasteiger partial charge in [-0.1, -0.05) is 11.6 Å². The maximum absolute atomic E-state index is 11.0. The Balaban J connectivity index is 2.25. The van der Waals surface area contributed by atoms with Gasteiger partial charge in [0.25, 0.3) is 0 Å². The topological polar surface area (TPSA) is 46.2 Å². The Labute approximate surface area is 106 Å². The van der Waals surface area contributed by atoms with Crippen molar-refractivity contribution in [2.24, 2.45) is 0 Å². The molecule has 1 rings (SSSR count). The lowest BCUT2D eigenvalue weighted by atomic mass is 10.3. The second kappa shape index (κ2) is 6.00. The Bertz CT molecular complexity index is 428. The van der Waals surface area contributed by atoms with Crippen LogP contribution in [0.4, 0.5) is 0 Å². The second-order valence-corrected chi connectivity index (χ2v) is 7.89. The number of nitrogens with one attached hydrogen (secondary N) is 1. The fourth-order valence-electron chi connectivity index (χ4n) is 1.44. The number of halogens is 1. The summed E-state index contributed by atoms with van der Waals surface area (Å²) in [5.74, 6) is 0.179. The molecule has 1 heterocycles. The third kappa shape index (κ3) is 5.84. The Morgan fingerprint density at radius 2 is 2.19 bits per heavy atom. The van der Waals surface area contributed by atoms with Crippen LogP contribution < -0.4 is 5.32 Å². The van der Waals surface area contributed by atoms with E-state index in [0.29, 0.717) is 0 Å². The molecular weight excluding hydrogens is 266 g/mol. The van der Waals surface area contributed by atoms with Crippen LogP contribution >= 0.6 is 22.9 Å². The minimum Gasteiger partial charge on any atom is -0.313 e. The summed E-state index contributed by atoms with van der Waals surface area (Å²) < 4.78 is 22.8. The van der Waals surface area contributed by atoms with E-state index in [2.05, 4.69) is 5.32 Å². The molecule has 1 N–H and O–H groups in total. The molecule has 0 saturated heterocycles. The Morgan fingerprint density at radius 3 is 2.69 bits per heavy atom. The number of hydrogen-bond acceptors (Lipinski definition) is 4. The quantitative estimate of drug-likeness (QED) is 0.867. The zero-order valence-electron chi connectivity index (χ0n) is 9.36. The van der Waals surface area contributed by atoms with Gasteiger partial charge in [-0.25, -0.2) is 8.42 Å². The summed E-state index contributed by atoms with van der Waals surface area (Å²) in [7, 11) is -2.90. The Hall–Kier alpha value is -0.100. The maximum Gasteiger partial charge on any atom is 0.148 e. The van der Waals surface area contributed by atoms with Crippen molar-refractivity contribution in [1.29, 1.82) is 0 Å². The predicted octanol–water partition coefficient (Wildman–Crippen LogP) is 1.97. The molecule has 1 aromatic heterocycles. The zero-order valence-corrected chi connectivity index (χ0v) is 11.8. The first-order chi connectivity index (χ1) is 7.37. The summed E-state index contributed by atoms with van der Waals surface area (Å²) in [5, 5.41) is 3.18. The standard InChI is InChI=1S/C10H16ClNO2S2/c1-8(7-16(2,13)14)12-6-5-9-3-4-10(11)15-9/h3-4,8,12H,5-7H2,1-2H3. The second-order valence-electron chi connectivity index (χ2n) is 3.90.